The van der Waals surface area contributed by atoms with E-state index in [9.17, 15) is 13.2 Å². The Kier molecular flexibility index (Phi) is 4.53. The summed E-state index contributed by atoms with van der Waals surface area (Å²) in [6.45, 7) is 2.48. The molecule has 1 atom stereocenters. The SMILES string of the molecule is Cc1ccc(O[C@H]2CCN(S(=O)(=O)c3cc(C(N)=O)n(C)c3)C2)cn1. The number of amides is 1. The number of nitrogens with zero attached hydrogens (tertiary/aromatic N) is 3. The molecule has 1 saturated heterocycles. The lowest BCUT2D eigenvalue weighted by atomic mass is 10.3. The van der Waals surface area contributed by atoms with Crippen molar-refractivity contribution in [3.8, 4) is 5.75 Å². The van der Waals surface area contributed by atoms with Gasteiger partial charge in [0.1, 0.15) is 22.4 Å². The summed E-state index contributed by atoms with van der Waals surface area (Å²) in [6, 6.07) is 4.96. The van der Waals surface area contributed by atoms with E-state index in [1.807, 2.05) is 19.1 Å². The smallest absolute Gasteiger partial charge is 0.265 e. The predicted molar refractivity (Wildman–Crippen MR) is 90.7 cm³/mol. The maximum atomic E-state index is 12.8. The number of sulfonamides is 1. The van der Waals surface area contributed by atoms with Gasteiger partial charge in [0.25, 0.3) is 5.91 Å². The van der Waals surface area contributed by atoms with Crippen molar-refractivity contribution in [3.05, 3.63) is 42.0 Å². The van der Waals surface area contributed by atoms with Gasteiger partial charge in [0.15, 0.2) is 0 Å². The van der Waals surface area contributed by atoms with E-state index >= 15 is 0 Å². The number of rotatable bonds is 5. The van der Waals surface area contributed by atoms with Crippen LogP contribution in [0.3, 0.4) is 0 Å². The van der Waals surface area contributed by atoms with E-state index in [2.05, 4.69) is 4.98 Å². The molecular formula is C16H20N4O4S. The van der Waals surface area contributed by atoms with Gasteiger partial charge in [-0.1, -0.05) is 0 Å². The van der Waals surface area contributed by atoms with Crippen molar-refractivity contribution in [2.24, 2.45) is 12.8 Å². The van der Waals surface area contributed by atoms with E-state index < -0.39 is 15.9 Å². The molecule has 8 nitrogen and oxygen atoms in total. The number of pyridine rings is 1. The Bertz CT molecular complexity index is 889. The zero-order valence-electron chi connectivity index (χ0n) is 14.0. The molecule has 0 saturated carbocycles. The van der Waals surface area contributed by atoms with Crippen molar-refractivity contribution in [2.45, 2.75) is 24.3 Å². The van der Waals surface area contributed by atoms with Crippen molar-refractivity contribution in [2.75, 3.05) is 13.1 Å². The zero-order chi connectivity index (χ0) is 18.2. The Hall–Kier alpha value is -2.39. The highest BCUT2D eigenvalue weighted by Crippen LogP contribution is 2.25. The molecule has 1 fully saturated rings. The van der Waals surface area contributed by atoms with Crippen LogP contribution in [-0.2, 0) is 17.1 Å². The molecule has 25 heavy (non-hydrogen) atoms. The van der Waals surface area contributed by atoms with Gasteiger partial charge < -0.3 is 15.0 Å². The Balaban J connectivity index is 1.73. The van der Waals surface area contributed by atoms with Crippen molar-refractivity contribution >= 4 is 15.9 Å². The number of aryl methyl sites for hydroxylation is 2. The first-order valence-corrected chi connectivity index (χ1v) is 9.27. The van der Waals surface area contributed by atoms with E-state index in [1.165, 1.54) is 21.1 Å². The lowest BCUT2D eigenvalue weighted by Crippen LogP contribution is -2.30. The topological polar surface area (TPSA) is 108 Å². The summed E-state index contributed by atoms with van der Waals surface area (Å²) in [5, 5.41) is 0. The number of carbonyl (C=O) groups excluding carboxylic acids is 1. The molecule has 3 heterocycles. The molecule has 0 bridgehead atoms. The normalized spacial score (nSPS) is 18.4. The quantitative estimate of drug-likeness (QED) is 0.839. The fourth-order valence-electron chi connectivity index (χ4n) is 2.80. The standard InChI is InChI=1S/C16H20N4O4S/c1-11-3-4-12(8-18-11)24-13-5-6-20(9-13)25(22,23)14-7-15(16(17)21)19(2)10-14/h3-4,7-8,10,13H,5-6,9H2,1-2H3,(H2,17,21)/t13-/m0/s1. The molecule has 1 amide bonds. The molecule has 0 aromatic carbocycles. The van der Waals surface area contributed by atoms with Gasteiger partial charge in [-0.05, 0) is 31.5 Å². The van der Waals surface area contributed by atoms with Gasteiger partial charge in [-0.25, -0.2) is 8.42 Å². The van der Waals surface area contributed by atoms with Crippen LogP contribution in [0, 0.1) is 6.92 Å². The minimum absolute atomic E-state index is 0.0569. The van der Waals surface area contributed by atoms with Crippen LogP contribution in [0.4, 0.5) is 0 Å². The summed E-state index contributed by atoms with van der Waals surface area (Å²) in [5.74, 6) is -0.0518. The van der Waals surface area contributed by atoms with Crippen LogP contribution < -0.4 is 10.5 Å². The Morgan fingerprint density at radius 1 is 1.40 bits per heavy atom. The van der Waals surface area contributed by atoms with Crippen LogP contribution in [0.1, 0.15) is 22.6 Å². The molecular weight excluding hydrogens is 344 g/mol. The van der Waals surface area contributed by atoms with Crippen molar-refractivity contribution in [1.82, 2.24) is 13.9 Å². The summed E-state index contributed by atoms with van der Waals surface area (Å²) in [6.07, 6.45) is 3.37. The molecule has 0 unspecified atom stereocenters. The minimum Gasteiger partial charge on any atom is -0.487 e. The fraction of sp³-hybridized carbons (Fsp3) is 0.375. The number of primary amides is 1. The minimum atomic E-state index is -3.70. The first-order chi connectivity index (χ1) is 11.8. The molecule has 134 valence electrons. The summed E-state index contributed by atoms with van der Waals surface area (Å²) in [4.78, 5) is 15.5. The van der Waals surface area contributed by atoms with Gasteiger partial charge in [0.05, 0.1) is 12.7 Å². The van der Waals surface area contributed by atoms with Crippen molar-refractivity contribution < 1.29 is 17.9 Å². The Labute approximate surface area is 146 Å². The third-order valence-electron chi connectivity index (χ3n) is 4.16. The van der Waals surface area contributed by atoms with Gasteiger partial charge in [0, 0.05) is 25.5 Å². The summed E-state index contributed by atoms with van der Waals surface area (Å²) in [7, 11) is -2.11. The zero-order valence-corrected chi connectivity index (χ0v) is 14.9. The van der Waals surface area contributed by atoms with Crippen LogP contribution in [0.15, 0.2) is 35.5 Å². The third-order valence-corrected chi connectivity index (χ3v) is 6.00. The monoisotopic (exact) mass is 364 g/mol. The first kappa shape index (κ1) is 17.4. The molecule has 1 aliphatic rings. The molecule has 0 aliphatic carbocycles. The summed E-state index contributed by atoms with van der Waals surface area (Å²) < 4.78 is 34.1. The van der Waals surface area contributed by atoms with Crippen LogP contribution in [0.2, 0.25) is 0 Å². The van der Waals surface area contributed by atoms with E-state index in [0.29, 0.717) is 18.7 Å². The van der Waals surface area contributed by atoms with E-state index in [0.717, 1.165) is 5.69 Å². The highest BCUT2D eigenvalue weighted by Gasteiger charge is 2.34. The van der Waals surface area contributed by atoms with Gasteiger partial charge in [-0.15, -0.1) is 0 Å². The maximum absolute atomic E-state index is 12.8. The predicted octanol–water partition coefficient (Wildman–Crippen LogP) is 0.669. The molecule has 0 radical (unpaired) electrons. The van der Waals surface area contributed by atoms with E-state index in [4.69, 9.17) is 10.5 Å². The molecule has 3 rings (SSSR count). The summed E-state index contributed by atoms with van der Waals surface area (Å²) in [5.41, 5.74) is 6.28. The molecule has 2 aromatic heterocycles. The lowest BCUT2D eigenvalue weighted by molar-refractivity contribution is 0.0992. The van der Waals surface area contributed by atoms with Gasteiger partial charge >= 0.3 is 0 Å². The average Bonchev–Trinajstić information content (AvgIpc) is 3.17. The number of hydrogen-bond donors (Lipinski definition) is 1. The second-order valence-electron chi connectivity index (χ2n) is 6.06. The summed E-state index contributed by atoms with van der Waals surface area (Å²) >= 11 is 0. The molecule has 2 N–H and O–H groups in total. The lowest BCUT2D eigenvalue weighted by Gasteiger charge is -2.16. The van der Waals surface area contributed by atoms with Crippen LogP contribution >= 0.6 is 0 Å². The molecule has 1 aliphatic heterocycles. The third kappa shape index (κ3) is 3.52. The van der Waals surface area contributed by atoms with Crippen LogP contribution in [-0.4, -0.2) is 47.4 Å². The number of carbonyl (C=O) groups is 1. The number of aromatic nitrogens is 2. The second-order valence-corrected chi connectivity index (χ2v) is 8.00. The highest BCUT2D eigenvalue weighted by atomic mass is 32.2. The maximum Gasteiger partial charge on any atom is 0.265 e. The average molecular weight is 364 g/mol. The van der Waals surface area contributed by atoms with Gasteiger partial charge in [0.2, 0.25) is 10.0 Å². The Morgan fingerprint density at radius 3 is 2.76 bits per heavy atom. The van der Waals surface area contributed by atoms with Crippen molar-refractivity contribution in [3.63, 3.8) is 0 Å². The van der Waals surface area contributed by atoms with Gasteiger partial charge in [-0.2, -0.15) is 4.31 Å². The van der Waals surface area contributed by atoms with Gasteiger partial charge in [-0.3, -0.25) is 9.78 Å². The van der Waals surface area contributed by atoms with Crippen molar-refractivity contribution in [1.29, 1.82) is 0 Å². The first-order valence-electron chi connectivity index (χ1n) is 7.83. The fourth-order valence-corrected chi connectivity index (χ4v) is 4.36. The molecule has 0 spiro atoms. The number of ether oxygens (including phenoxy) is 1. The Morgan fingerprint density at radius 2 is 2.16 bits per heavy atom. The van der Waals surface area contributed by atoms with E-state index in [-0.39, 0.29) is 23.2 Å². The van der Waals surface area contributed by atoms with Crippen LogP contribution in [0.5, 0.6) is 5.75 Å². The molecule has 9 heteroatoms. The second kappa shape index (κ2) is 6.49. The van der Waals surface area contributed by atoms with Crippen LogP contribution in [0.25, 0.3) is 0 Å². The highest BCUT2D eigenvalue weighted by molar-refractivity contribution is 7.89. The van der Waals surface area contributed by atoms with E-state index in [1.54, 1.807) is 13.2 Å². The molecule has 2 aromatic rings. The largest absolute Gasteiger partial charge is 0.487 e. The number of nitrogens with two attached hydrogens (primary N) is 1. The number of hydrogen-bond acceptors (Lipinski definition) is 5.